The fourth-order valence-corrected chi connectivity index (χ4v) is 3.19. The minimum absolute atomic E-state index is 0.0731. The van der Waals surface area contributed by atoms with Crippen LogP contribution in [-0.4, -0.2) is 78.6 Å². The van der Waals surface area contributed by atoms with Crippen LogP contribution in [0.3, 0.4) is 0 Å². The average Bonchev–Trinajstić information content (AvgIpc) is 2.63. The number of likely N-dealkylation sites (tertiary alicyclic amines) is 1. The van der Waals surface area contributed by atoms with E-state index in [1.807, 2.05) is 4.90 Å². The predicted molar refractivity (Wildman–Crippen MR) is 88.6 cm³/mol. The van der Waals surface area contributed by atoms with Gasteiger partial charge in [-0.2, -0.15) is 0 Å². The number of hydrogen-bond acceptors (Lipinski definition) is 5. The summed E-state index contributed by atoms with van der Waals surface area (Å²) in [5, 5.41) is 3.05. The van der Waals surface area contributed by atoms with Gasteiger partial charge in [-0.3, -0.25) is 19.5 Å². The van der Waals surface area contributed by atoms with Gasteiger partial charge in [-0.15, -0.1) is 0 Å². The molecule has 1 N–H and O–H groups in total. The number of nitrogens with one attached hydrogen (secondary N) is 1. The standard InChI is InChI=1S/C17H24N4O3/c22-16(21-7-9-24-10-8-21)13-20-6-2-4-15(12-20)19-17(23)14-3-1-5-18-11-14/h1,3,5,11,15H,2,4,6-10,12-13H2,(H,19,23). The molecule has 0 aliphatic carbocycles. The number of hydrogen-bond donors (Lipinski definition) is 1. The molecular weight excluding hydrogens is 308 g/mol. The Morgan fingerprint density at radius 3 is 2.88 bits per heavy atom. The van der Waals surface area contributed by atoms with Gasteiger partial charge in [-0.05, 0) is 31.5 Å². The Morgan fingerprint density at radius 1 is 1.29 bits per heavy atom. The van der Waals surface area contributed by atoms with Crippen molar-refractivity contribution in [3.05, 3.63) is 30.1 Å². The summed E-state index contributed by atoms with van der Waals surface area (Å²) in [5.41, 5.74) is 0.569. The van der Waals surface area contributed by atoms with E-state index >= 15 is 0 Å². The third-order valence-electron chi connectivity index (χ3n) is 4.49. The van der Waals surface area contributed by atoms with Crippen molar-refractivity contribution in [1.29, 1.82) is 0 Å². The topological polar surface area (TPSA) is 74.8 Å². The first-order chi connectivity index (χ1) is 11.7. The van der Waals surface area contributed by atoms with Crippen LogP contribution in [0.1, 0.15) is 23.2 Å². The van der Waals surface area contributed by atoms with Gasteiger partial charge in [-0.25, -0.2) is 0 Å². The zero-order valence-electron chi connectivity index (χ0n) is 13.8. The first kappa shape index (κ1) is 16.9. The highest BCUT2D eigenvalue weighted by Gasteiger charge is 2.25. The fraction of sp³-hybridized carbons (Fsp3) is 0.588. The van der Waals surface area contributed by atoms with Crippen molar-refractivity contribution in [2.24, 2.45) is 0 Å². The lowest BCUT2D eigenvalue weighted by Gasteiger charge is -2.35. The van der Waals surface area contributed by atoms with E-state index in [1.54, 1.807) is 24.5 Å². The lowest BCUT2D eigenvalue weighted by molar-refractivity contribution is -0.136. The molecule has 130 valence electrons. The SMILES string of the molecule is O=C(NC1CCCN(CC(=O)N2CCOCC2)C1)c1cccnc1. The van der Waals surface area contributed by atoms with Crippen LogP contribution in [0.4, 0.5) is 0 Å². The molecule has 7 nitrogen and oxygen atoms in total. The highest BCUT2D eigenvalue weighted by atomic mass is 16.5. The molecule has 2 amide bonds. The van der Waals surface area contributed by atoms with Crippen LogP contribution < -0.4 is 5.32 Å². The molecule has 3 heterocycles. The van der Waals surface area contributed by atoms with Crippen LogP contribution in [0.15, 0.2) is 24.5 Å². The molecule has 2 aliphatic rings. The molecule has 1 aromatic rings. The summed E-state index contributed by atoms with van der Waals surface area (Å²) in [6.07, 6.45) is 5.14. The number of nitrogens with zero attached hydrogens (tertiary/aromatic N) is 3. The van der Waals surface area contributed by atoms with Crippen molar-refractivity contribution in [1.82, 2.24) is 20.1 Å². The zero-order chi connectivity index (χ0) is 16.8. The van der Waals surface area contributed by atoms with Crippen LogP contribution in [0.2, 0.25) is 0 Å². The monoisotopic (exact) mass is 332 g/mol. The number of ether oxygens (including phenoxy) is 1. The maximum absolute atomic E-state index is 12.3. The summed E-state index contributed by atoms with van der Waals surface area (Å²) in [7, 11) is 0. The summed E-state index contributed by atoms with van der Waals surface area (Å²) in [4.78, 5) is 32.6. The molecular formula is C17H24N4O3. The third kappa shape index (κ3) is 4.52. The molecule has 1 unspecified atom stereocenters. The second-order valence-corrected chi connectivity index (χ2v) is 6.28. The molecule has 0 spiro atoms. The van der Waals surface area contributed by atoms with Crippen molar-refractivity contribution >= 4 is 11.8 Å². The lowest BCUT2D eigenvalue weighted by Crippen LogP contribution is -2.51. The molecule has 24 heavy (non-hydrogen) atoms. The summed E-state index contributed by atoms with van der Waals surface area (Å²) in [6, 6.07) is 3.58. The molecule has 1 atom stereocenters. The third-order valence-corrected chi connectivity index (χ3v) is 4.49. The fourth-order valence-electron chi connectivity index (χ4n) is 3.19. The van der Waals surface area contributed by atoms with Crippen LogP contribution in [0, 0.1) is 0 Å². The van der Waals surface area contributed by atoms with Crippen molar-refractivity contribution < 1.29 is 14.3 Å². The largest absolute Gasteiger partial charge is 0.378 e. The molecule has 2 fully saturated rings. The van der Waals surface area contributed by atoms with E-state index in [0.717, 1.165) is 19.4 Å². The Labute approximate surface area is 142 Å². The number of carbonyl (C=O) groups is 2. The first-order valence-electron chi connectivity index (χ1n) is 8.51. The average molecular weight is 332 g/mol. The predicted octanol–water partition coefficient (Wildman–Crippen LogP) is 0.135. The quantitative estimate of drug-likeness (QED) is 0.849. The maximum atomic E-state index is 12.3. The number of amides is 2. The zero-order valence-corrected chi connectivity index (χ0v) is 13.8. The van der Waals surface area contributed by atoms with Gasteiger partial charge >= 0.3 is 0 Å². The number of carbonyl (C=O) groups excluding carboxylic acids is 2. The number of pyridine rings is 1. The van der Waals surface area contributed by atoms with E-state index in [9.17, 15) is 9.59 Å². The van der Waals surface area contributed by atoms with Gasteiger partial charge in [0.25, 0.3) is 5.91 Å². The molecule has 2 aliphatic heterocycles. The Hall–Kier alpha value is -1.99. The molecule has 0 bridgehead atoms. The summed E-state index contributed by atoms with van der Waals surface area (Å²) >= 11 is 0. The maximum Gasteiger partial charge on any atom is 0.253 e. The number of rotatable bonds is 4. The van der Waals surface area contributed by atoms with E-state index < -0.39 is 0 Å². The molecule has 0 saturated carbocycles. The Morgan fingerprint density at radius 2 is 2.12 bits per heavy atom. The van der Waals surface area contributed by atoms with Crippen molar-refractivity contribution in [2.75, 3.05) is 45.9 Å². The number of morpholine rings is 1. The second-order valence-electron chi connectivity index (χ2n) is 6.28. The van der Waals surface area contributed by atoms with Gasteiger partial charge in [0.2, 0.25) is 5.91 Å². The number of piperidine rings is 1. The van der Waals surface area contributed by atoms with Crippen molar-refractivity contribution in [3.63, 3.8) is 0 Å². The highest BCUT2D eigenvalue weighted by Crippen LogP contribution is 2.11. The van der Waals surface area contributed by atoms with Crippen LogP contribution in [0.25, 0.3) is 0 Å². The van der Waals surface area contributed by atoms with Gasteiger partial charge < -0.3 is 15.0 Å². The van der Waals surface area contributed by atoms with Gasteiger partial charge in [0.15, 0.2) is 0 Å². The van der Waals surface area contributed by atoms with E-state index in [-0.39, 0.29) is 17.9 Å². The lowest BCUT2D eigenvalue weighted by atomic mass is 10.1. The molecule has 3 rings (SSSR count). The smallest absolute Gasteiger partial charge is 0.253 e. The van der Waals surface area contributed by atoms with E-state index in [1.165, 1.54) is 0 Å². The summed E-state index contributed by atoms with van der Waals surface area (Å²) in [5.74, 6) is 0.0481. The normalized spacial score (nSPS) is 22.2. The Balaban J connectivity index is 1.49. The van der Waals surface area contributed by atoms with E-state index in [4.69, 9.17) is 4.74 Å². The van der Waals surface area contributed by atoms with Gasteiger partial charge in [-0.1, -0.05) is 0 Å². The summed E-state index contributed by atoms with van der Waals surface area (Å²) < 4.78 is 5.28. The van der Waals surface area contributed by atoms with Gasteiger partial charge in [0.05, 0.1) is 25.3 Å². The molecule has 1 aromatic heterocycles. The highest BCUT2D eigenvalue weighted by molar-refractivity contribution is 5.94. The number of aromatic nitrogens is 1. The van der Waals surface area contributed by atoms with E-state index in [2.05, 4.69) is 15.2 Å². The van der Waals surface area contributed by atoms with Gasteiger partial charge in [0, 0.05) is 38.1 Å². The first-order valence-corrected chi connectivity index (χ1v) is 8.51. The van der Waals surface area contributed by atoms with Crippen molar-refractivity contribution in [3.8, 4) is 0 Å². The minimum atomic E-state index is -0.102. The van der Waals surface area contributed by atoms with Crippen LogP contribution in [-0.2, 0) is 9.53 Å². The Kier molecular flexibility index (Phi) is 5.77. The Bertz CT molecular complexity index is 560. The van der Waals surface area contributed by atoms with Crippen LogP contribution in [0.5, 0.6) is 0 Å². The van der Waals surface area contributed by atoms with Crippen LogP contribution >= 0.6 is 0 Å². The molecule has 2 saturated heterocycles. The second kappa shape index (κ2) is 8.21. The molecule has 7 heteroatoms. The molecule has 0 radical (unpaired) electrons. The van der Waals surface area contributed by atoms with Crippen molar-refractivity contribution in [2.45, 2.75) is 18.9 Å². The minimum Gasteiger partial charge on any atom is -0.378 e. The van der Waals surface area contributed by atoms with Gasteiger partial charge in [0.1, 0.15) is 0 Å². The summed E-state index contributed by atoms with van der Waals surface area (Å²) in [6.45, 7) is 4.61. The van der Waals surface area contributed by atoms with E-state index in [0.29, 0.717) is 45.0 Å². The molecule has 0 aromatic carbocycles.